The van der Waals surface area contributed by atoms with E-state index in [9.17, 15) is 14.7 Å². The first-order valence-electron chi connectivity index (χ1n) is 8.54. The monoisotopic (exact) mass is 390 g/mol. The van der Waals surface area contributed by atoms with Gasteiger partial charge in [0.25, 0.3) is 11.5 Å². The SMILES string of the molecule is O=C(Nc1cccc(-n2c(=O)cc(O)c3ccc(Cl)cc32)c1)c1ccccc1. The Morgan fingerprint density at radius 1 is 0.929 bits per heavy atom. The smallest absolute Gasteiger partial charge is 0.259 e. The summed E-state index contributed by atoms with van der Waals surface area (Å²) in [6.45, 7) is 0. The van der Waals surface area contributed by atoms with E-state index in [1.165, 1.54) is 4.57 Å². The zero-order valence-corrected chi connectivity index (χ0v) is 15.4. The normalized spacial score (nSPS) is 10.8. The second-order valence-corrected chi connectivity index (χ2v) is 6.67. The average molecular weight is 391 g/mol. The molecular weight excluding hydrogens is 376 g/mol. The molecule has 0 spiro atoms. The highest BCUT2D eigenvalue weighted by Crippen LogP contribution is 2.27. The topological polar surface area (TPSA) is 71.3 Å². The highest BCUT2D eigenvalue weighted by molar-refractivity contribution is 6.31. The summed E-state index contributed by atoms with van der Waals surface area (Å²) in [6.07, 6.45) is 0. The highest BCUT2D eigenvalue weighted by Gasteiger charge is 2.12. The van der Waals surface area contributed by atoms with Gasteiger partial charge >= 0.3 is 0 Å². The van der Waals surface area contributed by atoms with Gasteiger partial charge in [0.1, 0.15) is 5.75 Å². The van der Waals surface area contributed by atoms with E-state index in [-0.39, 0.29) is 11.7 Å². The fourth-order valence-electron chi connectivity index (χ4n) is 3.07. The molecule has 5 nitrogen and oxygen atoms in total. The number of carbonyl (C=O) groups is 1. The summed E-state index contributed by atoms with van der Waals surface area (Å²) in [5, 5.41) is 13.9. The number of hydrogen-bond acceptors (Lipinski definition) is 3. The van der Waals surface area contributed by atoms with Crippen molar-refractivity contribution in [1.29, 1.82) is 0 Å². The van der Waals surface area contributed by atoms with Gasteiger partial charge in [-0.1, -0.05) is 35.9 Å². The van der Waals surface area contributed by atoms with Crippen molar-refractivity contribution in [2.24, 2.45) is 0 Å². The minimum Gasteiger partial charge on any atom is -0.507 e. The number of benzene rings is 3. The molecule has 0 radical (unpaired) electrons. The molecule has 0 saturated carbocycles. The van der Waals surface area contributed by atoms with Crippen LogP contribution in [0.15, 0.2) is 83.7 Å². The predicted octanol–water partition coefficient (Wildman–Crippen LogP) is 4.60. The standard InChI is InChI=1S/C22H15ClN2O3/c23-15-9-10-18-19(11-15)25(21(27)13-20(18)26)17-8-4-7-16(12-17)24-22(28)14-5-2-1-3-6-14/h1-13,26H,(H,24,28). The van der Waals surface area contributed by atoms with E-state index in [4.69, 9.17) is 11.6 Å². The minimum absolute atomic E-state index is 0.110. The molecule has 0 unspecified atom stereocenters. The maximum absolute atomic E-state index is 12.6. The summed E-state index contributed by atoms with van der Waals surface area (Å²) in [5.74, 6) is -0.356. The number of amides is 1. The van der Waals surface area contributed by atoms with Crippen LogP contribution in [0.3, 0.4) is 0 Å². The van der Waals surface area contributed by atoms with Crippen LogP contribution in [0.5, 0.6) is 5.75 Å². The molecule has 0 atom stereocenters. The zero-order chi connectivity index (χ0) is 19.7. The van der Waals surface area contributed by atoms with Gasteiger partial charge in [0.2, 0.25) is 0 Å². The number of pyridine rings is 1. The van der Waals surface area contributed by atoms with Gasteiger partial charge in [-0.25, -0.2) is 0 Å². The Kier molecular flexibility index (Phi) is 4.59. The van der Waals surface area contributed by atoms with Gasteiger partial charge in [-0.05, 0) is 48.5 Å². The quantitative estimate of drug-likeness (QED) is 0.537. The van der Waals surface area contributed by atoms with Gasteiger partial charge < -0.3 is 10.4 Å². The van der Waals surface area contributed by atoms with Gasteiger partial charge in [-0.15, -0.1) is 0 Å². The molecule has 0 aliphatic carbocycles. The molecule has 0 saturated heterocycles. The van der Waals surface area contributed by atoms with Crippen molar-refractivity contribution in [1.82, 2.24) is 4.57 Å². The third-order valence-electron chi connectivity index (χ3n) is 4.36. The van der Waals surface area contributed by atoms with Crippen molar-refractivity contribution < 1.29 is 9.90 Å². The summed E-state index contributed by atoms with van der Waals surface area (Å²) in [4.78, 5) is 25.0. The van der Waals surface area contributed by atoms with Gasteiger partial charge in [-0.3, -0.25) is 14.2 Å². The van der Waals surface area contributed by atoms with Crippen LogP contribution in [0.1, 0.15) is 10.4 Å². The molecule has 0 bridgehead atoms. The van der Waals surface area contributed by atoms with Crippen LogP contribution in [-0.2, 0) is 0 Å². The van der Waals surface area contributed by atoms with Gasteiger partial charge in [0.05, 0.1) is 11.2 Å². The number of anilines is 1. The molecule has 3 aromatic carbocycles. The van der Waals surface area contributed by atoms with Crippen molar-refractivity contribution in [3.63, 3.8) is 0 Å². The van der Waals surface area contributed by atoms with Crippen LogP contribution in [0, 0.1) is 0 Å². The van der Waals surface area contributed by atoms with E-state index in [0.717, 1.165) is 6.07 Å². The Hall–Kier alpha value is -3.57. The number of carbonyl (C=O) groups excluding carboxylic acids is 1. The molecule has 2 N–H and O–H groups in total. The molecule has 0 aliphatic rings. The summed E-state index contributed by atoms with van der Waals surface area (Å²) >= 11 is 6.10. The first kappa shape index (κ1) is 17.8. The third-order valence-corrected chi connectivity index (χ3v) is 4.59. The lowest BCUT2D eigenvalue weighted by atomic mass is 10.1. The fraction of sp³-hybridized carbons (Fsp3) is 0. The number of aromatic hydroxyl groups is 1. The number of rotatable bonds is 3. The molecule has 6 heteroatoms. The van der Waals surface area contributed by atoms with E-state index >= 15 is 0 Å². The van der Waals surface area contributed by atoms with Gasteiger partial charge in [-0.2, -0.15) is 0 Å². The zero-order valence-electron chi connectivity index (χ0n) is 14.6. The number of nitrogens with zero attached hydrogens (tertiary/aromatic N) is 1. The summed E-state index contributed by atoms with van der Waals surface area (Å²) in [6, 6.07) is 21.9. The molecule has 0 fully saturated rings. The lowest BCUT2D eigenvalue weighted by molar-refractivity contribution is 0.102. The molecule has 0 aliphatic heterocycles. The van der Waals surface area contributed by atoms with Crippen molar-refractivity contribution in [3.05, 3.63) is 99.8 Å². The largest absolute Gasteiger partial charge is 0.507 e. The minimum atomic E-state index is -0.404. The number of aromatic nitrogens is 1. The summed E-state index contributed by atoms with van der Waals surface area (Å²) in [7, 11) is 0. The first-order chi connectivity index (χ1) is 13.5. The van der Waals surface area contributed by atoms with E-state index in [2.05, 4.69) is 5.32 Å². The number of halogens is 1. The van der Waals surface area contributed by atoms with E-state index in [1.807, 2.05) is 6.07 Å². The molecule has 1 heterocycles. The van der Waals surface area contributed by atoms with Crippen LogP contribution < -0.4 is 10.9 Å². The number of fused-ring (bicyclic) bond motifs is 1. The van der Waals surface area contributed by atoms with Crippen LogP contribution in [0.2, 0.25) is 5.02 Å². The summed E-state index contributed by atoms with van der Waals surface area (Å²) in [5.41, 5.74) is 1.69. The Morgan fingerprint density at radius 2 is 1.71 bits per heavy atom. The van der Waals surface area contributed by atoms with Crippen LogP contribution in [-0.4, -0.2) is 15.6 Å². The van der Waals surface area contributed by atoms with Crippen LogP contribution in [0.25, 0.3) is 16.6 Å². The van der Waals surface area contributed by atoms with Crippen molar-refractivity contribution in [2.75, 3.05) is 5.32 Å². The molecule has 1 amide bonds. The van der Waals surface area contributed by atoms with Gasteiger partial charge in [0, 0.05) is 27.7 Å². The number of nitrogens with one attached hydrogen (secondary N) is 1. The molecular formula is C22H15ClN2O3. The van der Waals surface area contributed by atoms with Crippen LogP contribution in [0.4, 0.5) is 5.69 Å². The van der Waals surface area contributed by atoms with E-state index in [1.54, 1.807) is 66.7 Å². The Labute approximate surface area is 165 Å². The molecule has 4 aromatic rings. The molecule has 4 rings (SSSR count). The van der Waals surface area contributed by atoms with Crippen molar-refractivity contribution in [3.8, 4) is 11.4 Å². The van der Waals surface area contributed by atoms with Crippen molar-refractivity contribution in [2.45, 2.75) is 0 Å². The van der Waals surface area contributed by atoms with Crippen LogP contribution >= 0.6 is 11.6 Å². The average Bonchev–Trinajstić information content (AvgIpc) is 2.68. The lowest BCUT2D eigenvalue weighted by Gasteiger charge is -2.13. The molecule has 28 heavy (non-hydrogen) atoms. The highest BCUT2D eigenvalue weighted by atomic mass is 35.5. The fourth-order valence-corrected chi connectivity index (χ4v) is 3.23. The Morgan fingerprint density at radius 3 is 2.50 bits per heavy atom. The predicted molar refractivity (Wildman–Crippen MR) is 111 cm³/mol. The van der Waals surface area contributed by atoms with Crippen molar-refractivity contribution >= 4 is 34.1 Å². The Bertz CT molecular complexity index is 1250. The first-order valence-corrected chi connectivity index (χ1v) is 8.92. The Balaban J connectivity index is 1.79. The van der Waals surface area contributed by atoms with E-state index < -0.39 is 5.56 Å². The molecule has 1 aromatic heterocycles. The second kappa shape index (κ2) is 7.21. The lowest BCUT2D eigenvalue weighted by Crippen LogP contribution is -2.18. The second-order valence-electron chi connectivity index (χ2n) is 6.24. The summed E-state index contributed by atoms with van der Waals surface area (Å²) < 4.78 is 1.44. The third kappa shape index (κ3) is 3.35. The molecule has 138 valence electrons. The number of hydrogen-bond donors (Lipinski definition) is 2. The maximum atomic E-state index is 12.6. The van der Waals surface area contributed by atoms with E-state index in [0.29, 0.717) is 32.9 Å². The van der Waals surface area contributed by atoms with Gasteiger partial charge in [0.15, 0.2) is 0 Å². The maximum Gasteiger partial charge on any atom is 0.259 e.